The molecule has 0 aliphatic carbocycles. The lowest BCUT2D eigenvalue weighted by molar-refractivity contribution is -0.380. The third-order valence-corrected chi connectivity index (χ3v) is 4.85. The maximum Gasteiger partial charge on any atom is 0.328 e. The molecule has 2 heterocycles. The van der Waals surface area contributed by atoms with Gasteiger partial charge in [-0.05, 0) is 20.3 Å². The molecule has 0 saturated carbocycles. The zero-order chi connectivity index (χ0) is 17.4. The number of thiophene rings is 1. The summed E-state index contributed by atoms with van der Waals surface area (Å²) in [6.07, 6.45) is 1.64. The average molecular weight is 338 g/mol. The van der Waals surface area contributed by atoms with Gasteiger partial charge in [0.2, 0.25) is 0 Å². The summed E-state index contributed by atoms with van der Waals surface area (Å²) in [6.45, 7) is 5.01. The second-order valence-electron chi connectivity index (χ2n) is 5.92. The monoisotopic (exact) mass is 338 g/mol. The van der Waals surface area contributed by atoms with Crippen LogP contribution in [0.1, 0.15) is 50.8 Å². The number of hydrogen-bond donors (Lipinski definition) is 1. The Hall–Kier alpha value is -2.09. The molecule has 1 aliphatic heterocycles. The standard InChI is InChI=1S/C15H18N2O5S/c1-4-5-6-8(18)12(16)11-13-9(7-10(23-13)17(20)21)22-15(2,3)14(11)19/h7,11,16H,4-6H2,1-3H3. The minimum Gasteiger partial charge on any atom is -0.479 e. The molecule has 1 atom stereocenters. The first kappa shape index (κ1) is 17.3. The number of hydrogen-bond acceptors (Lipinski definition) is 7. The van der Waals surface area contributed by atoms with Crippen molar-refractivity contribution in [2.24, 2.45) is 0 Å². The van der Waals surface area contributed by atoms with Gasteiger partial charge < -0.3 is 10.1 Å². The van der Waals surface area contributed by atoms with Gasteiger partial charge in [-0.1, -0.05) is 24.7 Å². The van der Waals surface area contributed by atoms with Crippen LogP contribution in [-0.2, 0) is 9.59 Å². The van der Waals surface area contributed by atoms with Gasteiger partial charge in [0.1, 0.15) is 11.7 Å². The molecule has 0 fully saturated rings. The zero-order valence-electron chi connectivity index (χ0n) is 13.2. The molecule has 7 nitrogen and oxygen atoms in total. The maximum atomic E-state index is 12.6. The second kappa shape index (κ2) is 6.19. The van der Waals surface area contributed by atoms with Crippen LogP contribution >= 0.6 is 11.3 Å². The molecule has 23 heavy (non-hydrogen) atoms. The summed E-state index contributed by atoms with van der Waals surface area (Å²) in [5.41, 5.74) is -1.54. The highest BCUT2D eigenvalue weighted by Gasteiger charge is 2.47. The van der Waals surface area contributed by atoms with E-state index in [4.69, 9.17) is 10.1 Å². The van der Waals surface area contributed by atoms with Crippen LogP contribution in [0.2, 0.25) is 0 Å². The van der Waals surface area contributed by atoms with Gasteiger partial charge >= 0.3 is 5.00 Å². The predicted octanol–water partition coefficient (Wildman–Crippen LogP) is 3.26. The molecule has 8 heteroatoms. The highest BCUT2D eigenvalue weighted by atomic mass is 32.1. The van der Waals surface area contributed by atoms with Crippen molar-refractivity contribution < 1.29 is 19.2 Å². The summed E-state index contributed by atoms with van der Waals surface area (Å²) in [4.78, 5) is 35.5. The minimum absolute atomic E-state index is 0.167. The molecule has 0 bridgehead atoms. The van der Waals surface area contributed by atoms with E-state index in [1.54, 1.807) is 13.8 Å². The number of fused-ring (bicyclic) bond motifs is 1. The van der Waals surface area contributed by atoms with E-state index in [9.17, 15) is 19.7 Å². The number of nitro groups is 1. The van der Waals surface area contributed by atoms with Crippen molar-refractivity contribution in [2.75, 3.05) is 0 Å². The molecule has 1 aliphatic rings. The van der Waals surface area contributed by atoms with Crippen molar-refractivity contribution in [2.45, 2.75) is 51.6 Å². The first-order valence-electron chi connectivity index (χ1n) is 7.32. The Kier molecular flexibility index (Phi) is 4.65. The van der Waals surface area contributed by atoms with Crippen LogP contribution in [0.3, 0.4) is 0 Å². The van der Waals surface area contributed by atoms with Crippen LogP contribution in [0.4, 0.5) is 5.00 Å². The smallest absolute Gasteiger partial charge is 0.328 e. The molecule has 0 saturated heterocycles. The van der Waals surface area contributed by atoms with Crippen LogP contribution in [0.15, 0.2) is 6.07 Å². The number of nitrogens with one attached hydrogen (secondary N) is 1. The van der Waals surface area contributed by atoms with Crippen molar-refractivity contribution in [1.29, 1.82) is 5.41 Å². The van der Waals surface area contributed by atoms with Gasteiger partial charge in [-0.25, -0.2) is 0 Å². The van der Waals surface area contributed by atoms with Crippen molar-refractivity contribution in [3.05, 3.63) is 21.1 Å². The van der Waals surface area contributed by atoms with Crippen LogP contribution in [0, 0.1) is 15.5 Å². The number of unbranched alkanes of at least 4 members (excludes halogenated alkanes) is 1. The third kappa shape index (κ3) is 3.17. The van der Waals surface area contributed by atoms with Gasteiger partial charge in [0.25, 0.3) is 0 Å². The normalized spacial score (nSPS) is 18.9. The summed E-state index contributed by atoms with van der Waals surface area (Å²) in [5.74, 6) is -1.69. The lowest BCUT2D eigenvalue weighted by atomic mass is 9.82. The lowest BCUT2D eigenvalue weighted by Gasteiger charge is -2.33. The molecule has 0 radical (unpaired) electrons. The van der Waals surface area contributed by atoms with Crippen molar-refractivity contribution in [1.82, 2.24) is 0 Å². The van der Waals surface area contributed by atoms with E-state index < -0.39 is 28.0 Å². The maximum absolute atomic E-state index is 12.6. The Morgan fingerprint density at radius 1 is 1.52 bits per heavy atom. The number of ether oxygens (including phenoxy) is 1. The van der Waals surface area contributed by atoms with E-state index in [2.05, 4.69) is 0 Å². The van der Waals surface area contributed by atoms with E-state index in [1.807, 2.05) is 6.92 Å². The van der Waals surface area contributed by atoms with Crippen LogP contribution in [0.25, 0.3) is 0 Å². The number of nitrogens with zero attached hydrogens (tertiary/aromatic N) is 1. The molecule has 0 aromatic carbocycles. The first-order valence-corrected chi connectivity index (χ1v) is 8.13. The average Bonchev–Trinajstić information content (AvgIpc) is 2.88. The second-order valence-corrected chi connectivity index (χ2v) is 6.98. The molecule has 1 unspecified atom stereocenters. The number of carbonyl (C=O) groups is 2. The Balaban J connectivity index is 2.45. The highest BCUT2D eigenvalue weighted by Crippen LogP contribution is 2.46. The third-order valence-electron chi connectivity index (χ3n) is 3.72. The minimum atomic E-state index is -1.23. The van der Waals surface area contributed by atoms with Gasteiger partial charge in [0, 0.05) is 6.42 Å². The van der Waals surface area contributed by atoms with E-state index in [0.717, 1.165) is 17.8 Å². The Bertz CT molecular complexity index is 692. The van der Waals surface area contributed by atoms with E-state index in [0.29, 0.717) is 6.42 Å². The van der Waals surface area contributed by atoms with E-state index in [1.165, 1.54) is 6.07 Å². The Morgan fingerprint density at radius 3 is 2.74 bits per heavy atom. The molecule has 1 aromatic rings. The molecule has 2 rings (SSSR count). The molecule has 0 spiro atoms. The van der Waals surface area contributed by atoms with Gasteiger partial charge in [-0.15, -0.1) is 0 Å². The summed E-state index contributed by atoms with van der Waals surface area (Å²) < 4.78 is 5.55. The molecular weight excluding hydrogens is 320 g/mol. The van der Waals surface area contributed by atoms with Gasteiger partial charge in [-0.3, -0.25) is 19.7 Å². The number of carbonyl (C=O) groups excluding carboxylic acids is 2. The molecule has 124 valence electrons. The van der Waals surface area contributed by atoms with Crippen LogP contribution in [0.5, 0.6) is 5.75 Å². The van der Waals surface area contributed by atoms with E-state index >= 15 is 0 Å². The van der Waals surface area contributed by atoms with Crippen molar-refractivity contribution in [3.63, 3.8) is 0 Å². The van der Waals surface area contributed by atoms with Crippen molar-refractivity contribution >= 4 is 33.6 Å². The predicted molar refractivity (Wildman–Crippen MR) is 85.7 cm³/mol. The fourth-order valence-corrected chi connectivity index (χ4v) is 3.44. The summed E-state index contributed by atoms with van der Waals surface area (Å²) in [6, 6.07) is 1.25. The van der Waals surface area contributed by atoms with Crippen molar-refractivity contribution in [3.8, 4) is 5.75 Å². The van der Waals surface area contributed by atoms with Crippen LogP contribution < -0.4 is 4.74 Å². The highest BCUT2D eigenvalue weighted by molar-refractivity contribution is 7.16. The molecular formula is C15H18N2O5S. The number of Topliss-reactive ketones (excluding diaryl/α,β-unsaturated/α-hetero) is 2. The largest absolute Gasteiger partial charge is 0.479 e. The number of ketones is 2. The number of rotatable bonds is 6. The van der Waals surface area contributed by atoms with Gasteiger partial charge in [0.15, 0.2) is 17.2 Å². The quantitative estimate of drug-likeness (QED) is 0.486. The topological polar surface area (TPSA) is 110 Å². The molecule has 1 aromatic heterocycles. The molecule has 1 N–H and O–H groups in total. The summed E-state index contributed by atoms with van der Waals surface area (Å²) in [5, 5.41) is 18.9. The Morgan fingerprint density at radius 2 is 2.17 bits per heavy atom. The van der Waals surface area contributed by atoms with Gasteiger partial charge in [-0.2, -0.15) is 0 Å². The summed E-state index contributed by atoms with van der Waals surface area (Å²) >= 11 is 0.788. The lowest BCUT2D eigenvalue weighted by Crippen LogP contribution is -2.47. The van der Waals surface area contributed by atoms with Crippen LogP contribution in [-0.4, -0.2) is 27.8 Å². The first-order chi connectivity index (χ1) is 10.7. The SMILES string of the molecule is CCCCC(=O)C(=N)C1C(=O)C(C)(C)Oc2cc([N+](=O)[O-])sc21. The fourth-order valence-electron chi connectivity index (χ4n) is 2.43. The fraction of sp³-hybridized carbons (Fsp3) is 0.533. The van der Waals surface area contributed by atoms with Gasteiger partial charge in [0.05, 0.1) is 21.6 Å². The molecule has 0 amide bonds. The summed E-state index contributed by atoms with van der Waals surface area (Å²) in [7, 11) is 0. The zero-order valence-corrected chi connectivity index (χ0v) is 14.0. The Labute approximate surface area is 137 Å². The van der Waals surface area contributed by atoms with E-state index in [-0.39, 0.29) is 27.8 Å².